The molecule has 3 aliphatic rings. The molecule has 4 aromatic rings. The Balaban J connectivity index is 1.64. The molecule has 2 heteroatoms. The minimum absolute atomic E-state index is 0.0697. The molecule has 0 fully saturated rings. The fourth-order valence-electron chi connectivity index (χ4n) is 9.16. The second-order valence-corrected chi connectivity index (χ2v) is 13.0. The zero-order chi connectivity index (χ0) is 28.2. The van der Waals surface area contributed by atoms with Gasteiger partial charge in [0.1, 0.15) is 0 Å². The van der Waals surface area contributed by atoms with Crippen LogP contribution in [0.25, 0.3) is 33.0 Å². The number of methoxy groups -OCH3 is 2. The summed E-state index contributed by atoms with van der Waals surface area (Å²) in [5, 5.41) is 2.54. The summed E-state index contributed by atoms with van der Waals surface area (Å²) in [6.07, 6.45) is 1.82. The van der Waals surface area contributed by atoms with Gasteiger partial charge in [-0.3, -0.25) is 0 Å². The van der Waals surface area contributed by atoms with Gasteiger partial charge in [-0.05, 0) is 85.8 Å². The van der Waals surface area contributed by atoms with Crippen molar-refractivity contribution in [3.63, 3.8) is 0 Å². The molecule has 0 spiro atoms. The molecule has 0 heterocycles. The fourth-order valence-corrected chi connectivity index (χ4v) is 9.16. The highest BCUT2D eigenvalue weighted by Gasteiger charge is 2.60. The first kappa shape index (κ1) is 25.7. The maximum absolute atomic E-state index is 6.60. The lowest BCUT2D eigenvalue weighted by atomic mass is 9.58. The van der Waals surface area contributed by atoms with Gasteiger partial charge in [0.2, 0.25) is 5.79 Å². The van der Waals surface area contributed by atoms with Crippen molar-refractivity contribution in [3.8, 4) is 11.1 Å². The van der Waals surface area contributed by atoms with Crippen molar-refractivity contribution in [1.82, 2.24) is 0 Å². The number of ether oxygens (including phenoxy) is 2. The molecule has 7 rings (SSSR count). The molecule has 0 unspecified atom stereocenters. The van der Waals surface area contributed by atoms with Gasteiger partial charge in [0.15, 0.2) is 0 Å². The molecule has 0 radical (unpaired) electrons. The molecule has 4 aromatic carbocycles. The van der Waals surface area contributed by atoms with Gasteiger partial charge in [-0.15, -0.1) is 0 Å². The lowest BCUT2D eigenvalue weighted by Gasteiger charge is -2.53. The fraction of sp³-hybridized carbons (Fsp3) is 0.368. The molecule has 0 saturated carbocycles. The summed E-state index contributed by atoms with van der Waals surface area (Å²) in [6, 6.07) is 27.4. The lowest BCUT2D eigenvalue weighted by Crippen LogP contribution is -2.54. The van der Waals surface area contributed by atoms with Crippen LogP contribution in [0.1, 0.15) is 87.8 Å². The van der Waals surface area contributed by atoms with E-state index in [9.17, 15) is 0 Å². The summed E-state index contributed by atoms with van der Waals surface area (Å²) >= 11 is 0. The van der Waals surface area contributed by atoms with E-state index in [2.05, 4.69) is 114 Å². The number of hydrogen-bond donors (Lipinski definition) is 0. The second-order valence-electron chi connectivity index (χ2n) is 13.0. The average molecular weight is 529 g/mol. The largest absolute Gasteiger partial charge is 0.348 e. The molecule has 0 aliphatic heterocycles. The van der Waals surface area contributed by atoms with Gasteiger partial charge in [-0.25, -0.2) is 0 Å². The second kappa shape index (κ2) is 8.18. The molecule has 0 N–H and O–H groups in total. The maximum Gasteiger partial charge on any atom is 0.204 e. The number of benzene rings is 4. The Labute approximate surface area is 239 Å². The average Bonchev–Trinajstić information content (AvgIpc) is 3.37. The number of allylic oxidation sites excluding steroid dienone is 2. The zero-order valence-corrected chi connectivity index (χ0v) is 25.2. The highest BCUT2D eigenvalue weighted by atomic mass is 16.7. The van der Waals surface area contributed by atoms with Gasteiger partial charge in [0.25, 0.3) is 0 Å². The molecular formula is C38H40O2. The molecule has 3 aliphatic carbocycles. The van der Waals surface area contributed by atoms with Crippen molar-refractivity contribution in [2.24, 2.45) is 0 Å². The molecule has 2 nitrogen and oxygen atoms in total. The third-order valence-corrected chi connectivity index (χ3v) is 10.9. The highest BCUT2D eigenvalue weighted by Crippen LogP contribution is 2.67. The van der Waals surface area contributed by atoms with Crippen LogP contribution in [0.15, 0.2) is 72.8 Å². The number of hydrogen-bond acceptors (Lipinski definition) is 2. The van der Waals surface area contributed by atoms with E-state index in [1.807, 2.05) is 14.2 Å². The van der Waals surface area contributed by atoms with Crippen molar-refractivity contribution in [1.29, 1.82) is 0 Å². The summed E-state index contributed by atoms with van der Waals surface area (Å²) in [5.41, 5.74) is 13.1. The molecule has 0 aromatic heterocycles. The first-order valence-electron chi connectivity index (χ1n) is 14.8. The third kappa shape index (κ3) is 2.72. The van der Waals surface area contributed by atoms with Crippen LogP contribution in [0.4, 0.5) is 0 Å². The van der Waals surface area contributed by atoms with Crippen molar-refractivity contribution >= 4 is 21.9 Å². The maximum atomic E-state index is 6.60. The molecule has 0 atom stereocenters. The molecule has 0 amide bonds. The van der Waals surface area contributed by atoms with Crippen molar-refractivity contribution in [2.75, 3.05) is 14.2 Å². The molecule has 204 valence electrons. The van der Waals surface area contributed by atoms with Crippen LogP contribution in [0.2, 0.25) is 0 Å². The van der Waals surface area contributed by atoms with Crippen LogP contribution < -0.4 is 0 Å². The van der Waals surface area contributed by atoms with E-state index in [0.29, 0.717) is 0 Å². The third-order valence-electron chi connectivity index (χ3n) is 10.9. The van der Waals surface area contributed by atoms with Crippen molar-refractivity contribution in [3.05, 3.63) is 106 Å². The Morgan fingerprint density at radius 2 is 1.18 bits per heavy atom. The van der Waals surface area contributed by atoms with Gasteiger partial charge in [0.05, 0.1) is 5.41 Å². The monoisotopic (exact) mass is 528 g/mol. The Morgan fingerprint density at radius 3 is 1.82 bits per heavy atom. The number of rotatable bonds is 4. The van der Waals surface area contributed by atoms with E-state index in [1.54, 1.807) is 0 Å². The van der Waals surface area contributed by atoms with E-state index >= 15 is 0 Å². The van der Waals surface area contributed by atoms with E-state index in [0.717, 1.165) is 18.4 Å². The van der Waals surface area contributed by atoms with Crippen LogP contribution in [-0.2, 0) is 31.5 Å². The molecule has 0 bridgehead atoms. The Hall–Kier alpha value is -3.20. The van der Waals surface area contributed by atoms with Crippen LogP contribution in [0.5, 0.6) is 0 Å². The lowest BCUT2D eigenvalue weighted by molar-refractivity contribution is -0.265. The summed E-state index contributed by atoms with van der Waals surface area (Å²) < 4.78 is 13.2. The quantitative estimate of drug-likeness (QED) is 0.246. The number of fused-ring (bicyclic) bond motifs is 9. The smallest absolute Gasteiger partial charge is 0.204 e. The predicted octanol–water partition coefficient (Wildman–Crippen LogP) is 9.52. The van der Waals surface area contributed by atoms with Crippen molar-refractivity contribution < 1.29 is 9.47 Å². The van der Waals surface area contributed by atoms with Crippen molar-refractivity contribution in [2.45, 2.75) is 76.4 Å². The molecular weight excluding hydrogens is 488 g/mol. The van der Waals surface area contributed by atoms with Crippen LogP contribution in [-0.4, -0.2) is 14.2 Å². The zero-order valence-electron chi connectivity index (χ0n) is 25.2. The standard InChI is InChI=1S/C38H40O2/c1-9-37(10-2)30-22-24-16-12-11-15-23(24)21-27(30)31-29(38(37,39-7)40-8)20-19-26-32(31)36(5,6)33-25-17-13-14-18-28(25)35(3,4)34(26)33/h11-22H,9-10H2,1-8H3. The Kier molecular flexibility index (Phi) is 5.27. The Bertz CT molecular complexity index is 1740. The van der Waals surface area contributed by atoms with Gasteiger partial charge in [-0.2, -0.15) is 0 Å². The van der Waals surface area contributed by atoms with E-state index in [4.69, 9.17) is 9.47 Å². The summed E-state index contributed by atoms with van der Waals surface area (Å²) in [6.45, 7) is 14.2. The normalized spacial score (nSPS) is 20.1. The van der Waals surface area contributed by atoms with Gasteiger partial charge >= 0.3 is 0 Å². The topological polar surface area (TPSA) is 18.5 Å². The first-order valence-corrected chi connectivity index (χ1v) is 14.8. The van der Waals surface area contributed by atoms with E-state index in [1.165, 1.54) is 60.9 Å². The van der Waals surface area contributed by atoms with E-state index in [-0.39, 0.29) is 16.2 Å². The minimum atomic E-state index is -0.896. The minimum Gasteiger partial charge on any atom is -0.348 e. The summed E-state index contributed by atoms with van der Waals surface area (Å²) in [4.78, 5) is 0. The Morgan fingerprint density at radius 1 is 0.575 bits per heavy atom. The van der Waals surface area contributed by atoms with Crippen LogP contribution in [0.3, 0.4) is 0 Å². The van der Waals surface area contributed by atoms with E-state index < -0.39 is 5.79 Å². The van der Waals surface area contributed by atoms with Crippen LogP contribution >= 0.6 is 0 Å². The molecule has 40 heavy (non-hydrogen) atoms. The first-order chi connectivity index (χ1) is 19.1. The van der Waals surface area contributed by atoms with Gasteiger partial charge in [-0.1, -0.05) is 102 Å². The predicted molar refractivity (Wildman–Crippen MR) is 167 cm³/mol. The van der Waals surface area contributed by atoms with Gasteiger partial charge < -0.3 is 9.47 Å². The van der Waals surface area contributed by atoms with Crippen LogP contribution in [0, 0.1) is 0 Å². The summed E-state index contributed by atoms with van der Waals surface area (Å²) in [7, 11) is 3.66. The summed E-state index contributed by atoms with van der Waals surface area (Å²) in [5.74, 6) is -0.896. The molecule has 0 saturated heterocycles. The van der Waals surface area contributed by atoms with Gasteiger partial charge in [0, 0.05) is 30.6 Å². The highest BCUT2D eigenvalue weighted by molar-refractivity contribution is 6.11. The SMILES string of the molecule is CCC1(CC)c2cc3ccccc3cc2-c2c(ccc3c2C(C)(C)C2=C3C(C)(C)c3ccccc32)C1(OC)OC.